The van der Waals surface area contributed by atoms with Gasteiger partial charge in [0, 0.05) is 37.8 Å². The molecule has 7 nitrogen and oxygen atoms in total. The molecule has 1 aliphatic heterocycles. The lowest BCUT2D eigenvalue weighted by Crippen LogP contribution is -2.16. The molecule has 136 valence electrons. The number of nitrogens with zero attached hydrogens (tertiary/aromatic N) is 5. The van der Waals surface area contributed by atoms with Gasteiger partial charge in [-0.2, -0.15) is 0 Å². The fourth-order valence-electron chi connectivity index (χ4n) is 4.04. The number of aryl methyl sites for hydroxylation is 2. The highest BCUT2D eigenvalue weighted by Gasteiger charge is 2.26. The van der Waals surface area contributed by atoms with Crippen LogP contribution in [0.3, 0.4) is 0 Å². The average molecular weight is 360 g/mol. The zero-order valence-corrected chi connectivity index (χ0v) is 15.3. The normalized spacial score (nSPS) is 16.1. The summed E-state index contributed by atoms with van der Waals surface area (Å²) in [5.41, 5.74) is 2.44. The summed E-state index contributed by atoms with van der Waals surface area (Å²) in [6, 6.07) is 7.95. The van der Waals surface area contributed by atoms with Crippen LogP contribution in [-0.4, -0.2) is 29.3 Å². The van der Waals surface area contributed by atoms with Gasteiger partial charge in [-0.15, -0.1) is 10.2 Å². The van der Waals surface area contributed by atoms with E-state index in [0.29, 0.717) is 17.3 Å². The molecule has 1 atom stereocenters. The van der Waals surface area contributed by atoms with Gasteiger partial charge in [0.2, 0.25) is 0 Å². The maximum atomic E-state index is 12.7. The standard InChI is InChI=1S/C20H20N6O/c1-12-4-3-5-15-9-16(20(27)22-18(12)15)19-21-6-7-25(19)10-14-8-17-24-23-13(2)26(17)11-14/h3-7,9,14H,8,10-11H2,1-2H3,(H,22,27). The number of fused-ring (bicyclic) bond motifs is 2. The number of hydrogen-bond acceptors (Lipinski definition) is 4. The Morgan fingerprint density at radius 1 is 1.26 bits per heavy atom. The fourth-order valence-corrected chi connectivity index (χ4v) is 4.04. The van der Waals surface area contributed by atoms with Crippen molar-refractivity contribution in [2.45, 2.75) is 33.4 Å². The Balaban J connectivity index is 1.50. The van der Waals surface area contributed by atoms with Crippen LogP contribution in [0.1, 0.15) is 17.2 Å². The summed E-state index contributed by atoms with van der Waals surface area (Å²) in [5, 5.41) is 9.39. The molecular formula is C20H20N6O. The molecule has 0 spiro atoms. The third-order valence-corrected chi connectivity index (χ3v) is 5.42. The average Bonchev–Trinajstić information content (AvgIpc) is 3.34. The van der Waals surface area contributed by atoms with Crippen molar-refractivity contribution in [3.05, 3.63) is 64.2 Å². The number of hydrogen-bond donors (Lipinski definition) is 1. The highest BCUT2D eigenvalue weighted by atomic mass is 16.1. The van der Waals surface area contributed by atoms with Crippen LogP contribution >= 0.6 is 0 Å². The summed E-state index contributed by atoms with van der Waals surface area (Å²) < 4.78 is 4.25. The van der Waals surface area contributed by atoms with Crippen LogP contribution in [0.5, 0.6) is 0 Å². The lowest BCUT2D eigenvalue weighted by atomic mass is 10.1. The van der Waals surface area contributed by atoms with Crippen LogP contribution in [0, 0.1) is 19.8 Å². The van der Waals surface area contributed by atoms with E-state index in [-0.39, 0.29) is 5.56 Å². The minimum atomic E-state index is -0.108. The van der Waals surface area contributed by atoms with E-state index >= 15 is 0 Å². The maximum absolute atomic E-state index is 12.7. The van der Waals surface area contributed by atoms with Crippen LogP contribution in [0.15, 0.2) is 41.5 Å². The summed E-state index contributed by atoms with van der Waals surface area (Å²) in [4.78, 5) is 20.2. The second-order valence-electron chi connectivity index (χ2n) is 7.30. The Hall–Kier alpha value is -3.22. The molecule has 0 saturated carbocycles. The number of benzene rings is 1. The predicted molar refractivity (Wildman–Crippen MR) is 102 cm³/mol. The van der Waals surface area contributed by atoms with E-state index < -0.39 is 0 Å². The van der Waals surface area contributed by atoms with Gasteiger partial charge < -0.3 is 14.1 Å². The lowest BCUT2D eigenvalue weighted by molar-refractivity contribution is 0.431. The van der Waals surface area contributed by atoms with Gasteiger partial charge in [0.05, 0.1) is 11.1 Å². The second kappa shape index (κ2) is 5.90. The number of para-hydroxylation sites is 1. The monoisotopic (exact) mass is 360 g/mol. The van der Waals surface area contributed by atoms with E-state index in [1.165, 1.54) is 0 Å². The number of rotatable bonds is 3. The first kappa shape index (κ1) is 16.0. The molecule has 0 aliphatic carbocycles. The molecule has 0 amide bonds. The molecule has 1 aromatic carbocycles. The lowest BCUT2D eigenvalue weighted by Gasteiger charge is -2.13. The van der Waals surface area contributed by atoms with E-state index in [0.717, 1.165) is 47.6 Å². The molecule has 1 unspecified atom stereocenters. The fraction of sp³-hybridized carbons (Fsp3) is 0.300. The zero-order valence-electron chi connectivity index (χ0n) is 15.3. The smallest absolute Gasteiger partial charge is 0.259 e. The molecule has 5 rings (SSSR count). The van der Waals surface area contributed by atoms with Gasteiger partial charge in [-0.05, 0) is 30.9 Å². The van der Waals surface area contributed by atoms with E-state index in [1.54, 1.807) is 6.20 Å². The molecule has 4 heterocycles. The first-order valence-corrected chi connectivity index (χ1v) is 9.13. The molecule has 0 bridgehead atoms. The van der Waals surface area contributed by atoms with Crippen molar-refractivity contribution < 1.29 is 0 Å². The largest absolute Gasteiger partial charge is 0.330 e. The van der Waals surface area contributed by atoms with Gasteiger partial charge in [0.1, 0.15) is 17.5 Å². The van der Waals surface area contributed by atoms with Crippen LogP contribution in [0.25, 0.3) is 22.3 Å². The van der Waals surface area contributed by atoms with Crippen molar-refractivity contribution in [2.24, 2.45) is 5.92 Å². The van der Waals surface area contributed by atoms with E-state index in [9.17, 15) is 4.79 Å². The third-order valence-electron chi connectivity index (χ3n) is 5.42. The van der Waals surface area contributed by atoms with E-state index in [2.05, 4.69) is 29.3 Å². The van der Waals surface area contributed by atoms with Crippen molar-refractivity contribution >= 4 is 10.9 Å². The molecule has 0 radical (unpaired) electrons. The molecule has 7 heteroatoms. The SMILES string of the molecule is Cc1cccc2cc(-c3nccn3CC3Cc4nnc(C)n4C3)c(=O)[nH]c12. The molecular weight excluding hydrogens is 340 g/mol. The summed E-state index contributed by atoms with van der Waals surface area (Å²) in [5.74, 6) is 3.13. The van der Waals surface area contributed by atoms with Crippen molar-refractivity contribution in [1.29, 1.82) is 0 Å². The van der Waals surface area contributed by atoms with Gasteiger partial charge in [-0.25, -0.2) is 4.98 Å². The maximum Gasteiger partial charge on any atom is 0.259 e. The van der Waals surface area contributed by atoms with Crippen LogP contribution < -0.4 is 5.56 Å². The number of nitrogens with one attached hydrogen (secondary N) is 1. The molecule has 27 heavy (non-hydrogen) atoms. The molecule has 0 saturated heterocycles. The Labute approximate surface area is 155 Å². The third kappa shape index (κ3) is 2.58. The molecule has 1 aliphatic rings. The summed E-state index contributed by atoms with van der Waals surface area (Å²) in [6.07, 6.45) is 4.60. The summed E-state index contributed by atoms with van der Waals surface area (Å²) in [6.45, 7) is 5.68. The minimum absolute atomic E-state index is 0.108. The van der Waals surface area contributed by atoms with Crippen LogP contribution in [0.4, 0.5) is 0 Å². The van der Waals surface area contributed by atoms with Gasteiger partial charge in [0.15, 0.2) is 0 Å². The molecule has 3 aromatic heterocycles. The Bertz CT molecular complexity index is 1210. The highest BCUT2D eigenvalue weighted by molar-refractivity contribution is 5.84. The van der Waals surface area contributed by atoms with Crippen LogP contribution in [0.2, 0.25) is 0 Å². The van der Waals surface area contributed by atoms with Crippen molar-refractivity contribution in [2.75, 3.05) is 0 Å². The first-order valence-electron chi connectivity index (χ1n) is 9.13. The van der Waals surface area contributed by atoms with Crippen molar-refractivity contribution in [3.8, 4) is 11.4 Å². The highest BCUT2D eigenvalue weighted by Crippen LogP contribution is 2.25. The van der Waals surface area contributed by atoms with Gasteiger partial charge in [-0.3, -0.25) is 4.79 Å². The second-order valence-corrected chi connectivity index (χ2v) is 7.30. The first-order chi connectivity index (χ1) is 13.1. The number of pyridine rings is 1. The number of aromatic nitrogens is 6. The van der Waals surface area contributed by atoms with Gasteiger partial charge in [0.25, 0.3) is 5.56 Å². The Morgan fingerprint density at radius 3 is 3.00 bits per heavy atom. The van der Waals surface area contributed by atoms with Gasteiger partial charge >= 0.3 is 0 Å². The number of H-pyrrole nitrogens is 1. The Morgan fingerprint density at radius 2 is 2.15 bits per heavy atom. The van der Waals surface area contributed by atoms with E-state index in [4.69, 9.17) is 0 Å². The molecule has 4 aromatic rings. The number of imidazole rings is 1. The quantitative estimate of drug-likeness (QED) is 0.608. The topological polar surface area (TPSA) is 81.4 Å². The van der Waals surface area contributed by atoms with Gasteiger partial charge in [-0.1, -0.05) is 18.2 Å². The van der Waals surface area contributed by atoms with Crippen molar-refractivity contribution in [3.63, 3.8) is 0 Å². The molecule has 0 fully saturated rings. The Kier molecular flexibility index (Phi) is 3.50. The van der Waals surface area contributed by atoms with E-state index in [1.807, 2.05) is 44.3 Å². The van der Waals surface area contributed by atoms with Crippen molar-refractivity contribution in [1.82, 2.24) is 29.3 Å². The zero-order chi connectivity index (χ0) is 18.5. The summed E-state index contributed by atoms with van der Waals surface area (Å²) in [7, 11) is 0. The number of aromatic amines is 1. The predicted octanol–water partition coefficient (Wildman–Crippen LogP) is 2.47. The summed E-state index contributed by atoms with van der Waals surface area (Å²) >= 11 is 0. The molecule has 1 N–H and O–H groups in total. The van der Waals surface area contributed by atoms with Crippen LogP contribution in [-0.2, 0) is 19.5 Å². The minimum Gasteiger partial charge on any atom is -0.330 e.